The van der Waals surface area contributed by atoms with E-state index >= 15 is 0 Å². The average Bonchev–Trinajstić information content (AvgIpc) is 2.84. The summed E-state index contributed by atoms with van der Waals surface area (Å²) >= 11 is 0. The highest BCUT2D eigenvalue weighted by atomic mass is 32.2. The van der Waals surface area contributed by atoms with Gasteiger partial charge in [0.1, 0.15) is 22.7 Å². The molecule has 0 bridgehead atoms. The Kier molecular flexibility index (Phi) is 4.12. The summed E-state index contributed by atoms with van der Waals surface area (Å²) in [4.78, 5) is 25.8. The fraction of sp³-hybridized carbons (Fsp3) is 0.643. The van der Waals surface area contributed by atoms with Gasteiger partial charge in [-0.05, 0) is 33.6 Å². The van der Waals surface area contributed by atoms with Gasteiger partial charge in [-0.25, -0.2) is 13.1 Å². The number of piperidine rings is 1. The van der Waals surface area contributed by atoms with Crippen molar-refractivity contribution in [3.05, 3.63) is 11.5 Å². The topological polar surface area (TPSA) is 122 Å². The van der Waals surface area contributed by atoms with Crippen LogP contribution in [0.3, 0.4) is 0 Å². The van der Waals surface area contributed by atoms with Crippen molar-refractivity contribution >= 4 is 21.8 Å². The monoisotopic (exact) mass is 356 g/mol. The van der Waals surface area contributed by atoms with Crippen LogP contribution in [0.4, 0.5) is 0 Å². The molecule has 0 radical (unpaired) electrons. The Labute approximate surface area is 139 Å². The summed E-state index contributed by atoms with van der Waals surface area (Å²) < 4.78 is 32.7. The van der Waals surface area contributed by atoms with E-state index in [1.165, 1.54) is 11.8 Å². The second-order valence-corrected chi connectivity index (χ2v) is 7.92. The Balaban J connectivity index is 1.77. The molecule has 0 spiro atoms. The summed E-state index contributed by atoms with van der Waals surface area (Å²) in [6, 6.07) is -1.61. The number of sulfonamides is 1. The Morgan fingerprint density at radius 2 is 2.04 bits per heavy atom. The van der Waals surface area contributed by atoms with E-state index < -0.39 is 28.1 Å². The molecule has 9 nitrogen and oxygen atoms in total. The van der Waals surface area contributed by atoms with E-state index in [1.54, 1.807) is 13.8 Å². The summed E-state index contributed by atoms with van der Waals surface area (Å²) in [6.45, 7) is 5.08. The number of hydrogen-bond donors (Lipinski definition) is 2. The van der Waals surface area contributed by atoms with Crippen molar-refractivity contribution in [2.24, 2.45) is 0 Å². The van der Waals surface area contributed by atoms with E-state index in [-0.39, 0.29) is 34.6 Å². The lowest BCUT2D eigenvalue weighted by Gasteiger charge is -2.43. The zero-order valence-corrected chi connectivity index (χ0v) is 14.5. The fourth-order valence-electron chi connectivity index (χ4n) is 3.34. The number of nitrogens with one attached hydrogen (secondary N) is 2. The molecule has 2 fully saturated rings. The van der Waals surface area contributed by atoms with Gasteiger partial charge in [0.05, 0.1) is 0 Å². The van der Waals surface area contributed by atoms with Crippen molar-refractivity contribution in [1.82, 2.24) is 20.1 Å². The van der Waals surface area contributed by atoms with E-state index in [0.29, 0.717) is 13.0 Å². The third kappa shape index (κ3) is 2.80. The van der Waals surface area contributed by atoms with Gasteiger partial charge < -0.3 is 14.7 Å². The molecular formula is C14H20N4O5S. The number of piperazine rings is 1. The van der Waals surface area contributed by atoms with Crippen molar-refractivity contribution < 1.29 is 22.5 Å². The van der Waals surface area contributed by atoms with Gasteiger partial charge in [-0.15, -0.1) is 0 Å². The molecule has 1 aromatic heterocycles. The van der Waals surface area contributed by atoms with Crippen LogP contribution in [0.25, 0.3) is 0 Å². The molecule has 2 aliphatic rings. The first-order valence-corrected chi connectivity index (χ1v) is 9.25. The molecule has 3 heterocycles. The highest BCUT2D eigenvalue weighted by molar-refractivity contribution is 7.89. The average molecular weight is 356 g/mol. The first-order chi connectivity index (χ1) is 11.2. The lowest BCUT2D eigenvalue weighted by atomic mass is 9.94. The van der Waals surface area contributed by atoms with E-state index in [1.807, 2.05) is 0 Å². The highest BCUT2D eigenvalue weighted by Gasteiger charge is 2.43. The number of aryl methyl sites for hydroxylation is 2. The van der Waals surface area contributed by atoms with Gasteiger partial charge in [0.2, 0.25) is 21.8 Å². The Morgan fingerprint density at radius 3 is 2.67 bits per heavy atom. The predicted molar refractivity (Wildman–Crippen MR) is 82.4 cm³/mol. The van der Waals surface area contributed by atoms with Crippen LogP contribution >= 0.6 is 0 Å². The number of amides is 2. The molecule has 2 amide bonds. The van der Waals surface area contributed by atoms with E-state index in [2.05, 4.69) is 15.2 Å². The largest absolute Gasteiger partial charge is 0.360 e. The van der Waals surface area contributed by atoms with Crippen LogP contribution in [0.2, 0.25) is 0 Å². The molecule has 3 rings (SSSR count). The van der Waals surface area contributed by atoms with Gasteiger partial charge in [0, 0.05) is 12.6 Å². The maximum absolute atomic E-state index is 12.6. The van der Waals surface area contributed by atoms with E-state index in [9.17, 15) is 18.0 Å². The van der Waals surface area contributed by atoms with Crippen molar-refractivity contribution in [2.45, 2.75) is 56.6 Å². The molecule has 10 heteroatoms. The summed E-state index contributed by atoms with van der Waals surface area (Å²) in [6.07, 6.45) is 0.692. The lowest BCUT2D eigenvalue weighted by molar-refractivity contribution is -0.151. The van der Waals surface area contributed by atoms with E-state index in [0.717, 1.165) is 0 Å². The zero-order chi connectivity index (χ0) is 17.6. The molecule has 2 aliphatic heterocycles. The van der Waals surface area contributed by atoms with Crippen LogP contribution in [0.15, 0.2) is 9.42 Å². The first kappa shape index (κ1) is 16.9. The van der Waals surface area contributed by atoms with Crippen LogP contribution in [0.1, 0.15) is 31.2 Å². The van der Waals surface area contributed by atoms with Crippen LogP contribution in [0.5, 0.6) is 0 Å². The van der Waals surface area contributed by atoms with Crippen LogP contribution in [-0.2, 0) is 19.6 Å². The molecule has 1 aromatic rings. The highest BCUT2D eigenvalue weighted by Crippen LogP contribution is 2.25. The molecule has 2 saturated heterocycles. The van der Waals surface area contributed by atoms with Crippen molar-refractivity contribution in [3.63, 3.8) is 0 Å². The Hall–Kier alpha value is -1.94. The standard InChI is InChI=1S/C14H20N4O5S/c1-7-12(9(3)23-16-7)24(21,22)17-10-4-5-18-11(6-10)13(19)15-8(2)14(18)20/h8,10-11,17H,4-6H2,1-3H3,(H,15,19)/t8-,10-,11+/m1/s1. The minimum absolute atomic E-state index is 0.0303. The number of hydrogen-bond acceptors (Lipinski definition) is 6. The van der Waals surface area contributed by atoms with Gasteiger partial charge in [0.25, 0.3) is 0 Å². The Morgan fingerprint density at radius 1 is 1.33 bits per heavy atom. The molecule has 0 saturated carbocycles. The number of fused-ring (bicyclic) bond motifs is 1. The van der Waals surface area contributed by atoms with Crippen LogP contribution < -0.4 is 10.0 Å². The summed E-state index contributed by atoms with van der Waals surface area (Å²) in [7, 11) is -3.80. The third-order valence-corrected chi connectivity index (χ3v) is 6.24. The van der Waals surface area contributed by atoms with Crippen LogP contribution in [-0.4, -0.2) is 55.0 Å². The first-order valence-electron chi connectivity index (χ1n) is 7.76. The minimum Gasteiger partial charge on any atom is -0.360 e. The molecule has 132 valence electrons. The second kappa shape index (κ2) is 5.85. The smallest absolute Gasteiger partial charge is 0.246 e. The summed E-state index contributed by atoms with van der Waals surface area (Å²) in [5.74, 6) is -0.160. The molecule has 24 heavy (non-hydrogen) atoms. The second-order valence-electron chi connectivity index (χ2n) is 6.27. The fourth-order valence-corrected chi connectivity index (χ4v) is 4.95. The van der Waals surface area contributed by atoms with Gasteiger partial charge in [-0.1, -0.05) is 5.16 Å². The molecule has 2 N–H and O–H groups in total. The number of aromatic nitrogens is 1. The van der Waals surface area contributed by atoms with Gasteiger partial charge in [-0.3, -0.25) is 9.59 Å². The predicted octanol–water partition coefficient (Wildman–Crippen LogP) is -0.552. The van der Waals surface area contributed by atoms with E-state index in [4.69, 9.17) is 4.52 Å². The maximum atomic E-state index is 12.6. The molecule has 3 atom stereocenters. The SMILES string of the molecule is Cc1noc(C)c1S(=O)(=O)N[C@@H]1CCN2C(=O)[C@@H](C)NC(=O)[C@@H]2C1. The zero-order valence-electron chi connectivity index (χ0n) is 13.7. The number of rotatable bonds is 3. The quantitative estimate of drug-likeness (QED) is 0.749. The molecule has 0 unspecified atom stereocenters. The van der Waals surface area contributed by atoms with Crippen molar-refractivity contribution in [2.75, 3.05) is 6.54 Å². The number of carbonyl (C=O) groups excluding carboxylic acids is 2. The molecular weight excluding hydrogens is 336 g/mol. The third-order valence-electron chi connectivity index (χ3n) is 4.48. The summed E-state index contributed by atoms with van der Waals surface area (Å²) in [5, 5.41) is 6.29. The van der Waals surface area contributed by atoms with Gasteiger partial charge in [-0.2, -0.15) is 0 Å². The normalized spacial score (nSPS) is 27.8. The number of carbonyl (C=O) groups is 2. The molecule has 0 aliphatic carbocycles. The maximum Gasteiger partial charge on any atom is 0.246 e. The Bertz CT molecular complexity index is 768. The molecule has 0 aromatic carbocycles. The lowest BCUT2D eigenvalue weighted by Crippen LogP contribution is -2.66. The summed E-state index contributed by atoms with van der Waals surface area (Å²) in [5.41, 5.74) is 0.289. The van der Waals surface area contributed by atoms with Crippen LogP contribution in [0, 0.1) is 13.8 Å². The van der Waals surface area contributed by atoms with Gasteiger partial charge in [0.15, 0.2) is 5.76 Å². The minimum atomic E-state index is -3.80. The number of nitrogens with zero attached hydrogens (tertiary/aromatic N) is 2. The van der Waals surface area contributed by atoms with Crippen molar-refractivity contribution in [1.29, 1.82) is 0 Å². The van der Waals surface area contributed by atoms with Gasteiger partial charge >= 0.3 is 0 Å². The van der Waals surface area contributed by atoms with Crippen molar-refractivity contribution in [3.8, 4) is 0 Å².